The van der Waals surface area contributed by atoms with Crippen molar-refractivity contribution < 1.29 is 172 Å². The van der Waals surface area contributed by atoms with E-state index in [0.29, 0.717) is 29.3 Å². The topological polar surface area (TPSA) is 316 Å². The predicted molar refractivity (Wildman–Crippen MR) is 207 cm³/mol. The first-order chi connectivity index (χ1) is 28.4. The Morgan fingerprint density at radius 2 is 1.17 bits per heavy atom. The number of halogens is 2. The van der Waals surface area contributed by atoms with Gasteiger partial charge in [0.15, 0.2) is 0 Å². The Morgan fingerprint density at radius 1 is 0.672 bits per heavy atom. The van der Waals surface area contributed by atoms with Crippen LogP contribution in [0, 0.1) is 12.1 Å². The van der Waals surface area contributed by atoms with Gasteiger partial charge in [-0.2, -0.15) is 43.7 Å². The molecule has 312 valence electrons. The molecule has 0 aliphatic carbocycles. The fourth-order valence-electron chi connectivity index (χ4n) is 4.75. The van der Waals surface area contributed by atoms with Gasteiger partial charge >= 0.3 is 129 Å². The van der Waals surface area contributed by atoms with Crippen molar-refractivity contribution in [2.75, 3.05) is 10.6 Å². The molecule has 0 bridgehead atoms. The maximum Gasteiger partial charge on any atom is 1.00 e. The van der Waals surface area contributed by atoms with Crippen molar-refractivity contribution in [2.24, 2.45) is 0 Å². The van der Waals surface area contributed by atoms with Crippen molar-refractivity contribution >= 4 is 95.9 Å². The Labute approximate surface area is 466 Å². The van der Waals surface area contributed by atoms with Crippen LogP contribution in [-0.2, 0) is 53.4 Å². The Kier molecular flexibility index (Phi) is 29.1. The molecule has 0 fully saturated rings. The summed E-state index contributed by atoms with van der Waals surface area (Å²) in [5, 5.41) is 14.2. The van der Waals surface area contributed by atoms with Gasteiger partial charge in [-0.05, 0) is 65.0 Å². The van der Waals surface area contributed by atoms with Crippen molar-refractivity contribution in [3.63, 3.8) is 0 Å². The average molecular weight is 1010 g/mol. The van der Waals surface area contributed by atoms with Crippen LogP contribution >= 0.6 is 23.2 Å². The average Bonchev–Trinajstić information content (AvgIpc) is 3.17. The van der Waals surface area contributed by atoms with Gasteiger partial charge < -0.3 is 29.9 Å². The summed E-state index contributed by atoms with van der Waals surface area (Å²) in [7, 11) is -12.6. The molecule has 6 rings (SSSR count). The summed E-state index contributed by atoms with van der Waals surface area (Å²) >= 11 is 12.2. The molecule has 2 N–H and O–H groups in total. The number of carbonyl (C=O) groups excluding carboxylic acids is 1. The molecule has 20 nitrogen and oxygen atoms in total. The summed E-state index contributed by atoms with van der Waals surface area (Å²) in [5.41, 5.74) is 3.09. The molecule has 6 aromatic rings. The second-order valence-electron chi connectivity index (χ2n) is 11.3. The molecule has 0 amide bonds. The van der Waals surface area contributed by atoms with Gasteiger partial charge in [0, 0.05) is 12.1 Å². The number of carbonyl (C=O) groups is 1. The van der Waals surface area contributed by atoms with Crippen LogP contribution in [-0.4, -0.2) is 74.9 Å². The zero-order valence-electron chi connectivity index (χ0n) is 33.8. The molecule has 0 radical (unpaired) electrons. The number of nitrogens with one attached hydrogen (secondary N) is 2. The zero-order valence-corrected chi connectivity index (χ0v) is 45.8. The quantitative estimate of drug-likeness (QED) is 0.0206. The van der Waals surface area contributed by atoms with Crippen LogP contribution in [0.4, 0.5) is 23.3 Å². The SMILES string of the molecule is O=CO[O-].O=S(=O)([O-])c1ccc(Cc2nc(Cl)nc(Nc3ccc(/C=C/c4[c-]cc(Cc5nc(Cl)nc(Nc6cc[c-]cc6)n5)cc4)c(S(=O)(=O)[O-])c3)n2)cc1.O=S(=O)=O.[Na+].[Na+].[Na+].[Na+]. The van der Waals surface area contributed by atoms with E-state index < -0.39 is 35.7 Å². The van der Waals surface area contributed by atoms with Gasteiger partial charge in [0.05, 0.1) is 9.79 Å². The van der Waals surface area contributed by atoms with Gasteiger partial charge in [0.25, 0.3) is 6.47 Å². The Hall–Kier alpha value is -2.31. The minimum Gasteiger partial charge on any atom is -0.744 e. The van der Waals surface area contributed by atoms with Crippen LogP contribution in [0.1, 0.15) is 33.9 Å². The number of hydrogen-bond donors (Lipinski definition) is 2. The summed E-state index contributed by atoms with van der Waals surface area (Å²) in [6, 6.07) is 27.8. The molecule has 2 aromatic heterocycles. The third-order valence-electron chi connectivity index (χ3n) is 7.14. The molecule has 64 heavy (non-hydrogen) atoms. The van der Waals surface area contributed by atoms with E-state index in [1.165, 1.54) is 42.5 Å². The standard InChI is InChI=1S/C34H24Cl2N8O6S2.CH2O3.4Na.O3S/c35-31-39-29(41-33(43-31)37-25-4-2-1-3-5-25)18-22-8-6-21(7-9-22)10-13-24-14-15-26(20-28(24)52(48,49)50)38-34-42-30(40-32(36)44-34)19-23-11-16-27(17-12-23)51(45,46)47;2-1-4-3;;;;;1-4(2)3/h2-6,8-17,20H,18-19H2,(H,45,46,47)(H,48,49,50)(H,37,39,41,43)(H,38,40,42,44);1,3H;;;;;/q-2;;4*+1;/p-3/b13-10+;;;;;;. The minimum atomic E-state index is -4.92. The van der Waals surface area contributed by atoms with Gasteiger partial charge in [-0.3, -0.25) is 4.79 Å². The molecular weight excluding hydrogens is 983 g/mol. The van der Waals surface area contributed by atoms with Gasteiger partial charge in [-0.25, -0.2) is 26.8 Å². The monoisotopic (exact) mass is 1000 g/mol. The number of hydrogen-bond acceptors (Lipinski definition) is 20. The molecule has 0 aliphatic heterocycles. The summed E-state index contributed by atoms with van der Waals surface area (Å²) in [6.07, 6.45) is 3.53. The molecule has 2 heterocycles. The molecule has 0 saturated heterocycles. The first-order valence-corrected chi connectivity index (χ1v) is 20.6. The summed E-state index contributed by atoms with van der Waals surface area (Å²) in [6.45, 7) is -0.181. The van der Waals surface area contributed by atoms with Gasteiger partial charge in [-0.1, -0.05) is 30.0 Å². The minimum absolute atomic E-state index is 0. The number of rotatable bonds is 13. The van der Waals surface area contributed by atoms with Gasteiger partial charge in [0.2, 0.25) is 22.5 Å². The molecule has 4 aromatic carbocycles. The zero-order chi connectivity index (χ0) is 43.9. The van der Waals surface area contributed by atoms with E-state index in [1.54, 1.807) is 30.3 Å². The normalized spacial score (nSPS) is 10.3. The van der Waals surface area contributed by atoms with E-state index in [4.69, 9.17) is 45.9 Å². The molecule has 0 saturated carbocycles. The number of anilines is 4. The van der Waals surface area contributed by atoms with E-state index in [2.05, 4.69) is 57.6 Å². The number of nitrogens with zero attached hydrogens (tertiary/aromatic N) is 6. The molecular formula is C35H23Cl2N8Na4O12S3-. The third kappa shape index (κ3) is 22.0. The summed E-state index contributed by atoms with van der Waals surface area (Å²) in [5.74, 6) is 0.879. The van der Waals surface area contributed by atoms with Crippen LogP contribution in [0.25, 0.3) is 12.2 Å². The maximum atomic E-state index is 12.3. The number of benzene rings is 4. The fraction of sp³-hybridized carbons (Fsp3) is 0.0571. The molecule has 0 spiro atoms. The van der Waals surface area contributed by atoms with Crippen molar-refractivity contribution in [1.82, 2.24) is 29.9 Å². The third-order valence-corrected chi connectivity index (χ3v) is 9.22. The molecule has 0 atom stereocenters. The van der Waals surface area contributed by atoms with Crippen LogP contribution in [0.15, 0.2) is 94.7 Å². The summed E-state index contributed by atoms with van der Waals surface area (Å²) in [4.78, 5) is 35.5. The van der Waals surface area contributed by atoms with Crippen molar-refractivity contribution in [3.8, 4) is 0 Å². The maximum absolute atomic E-state index is 12.3. The fourth-order valence-corrected chi connectivity index (χ4v) is 6.27. The smallest absolute Gasteiger partial charge is 0.744 e. The molecule has 29 heteroatoms. The second-order valence-corrected chi connectivity index (χ2v) is 15.1. The van der Waals surface area contributed by atoms with Gasteiger partial charge in [-0.15, -0.1) is 60.7 Å². The van der Waals surface area contributed by atoms with Crippen molar-refractivity contribution in [2.45, 2.75) is 22.6 Å². The van der Waals surface area contributed by atoms with Crippen molar-refractivity contribution in [3.05, 3.63) is 142 Å². The summed E-state index contributed by atoms with van der Waals surface area (Å²) < 4.78 is 95.7. The Bertz CT molecular complexity index is 2830. The first kappa shape index (κ1) is 61.7. The molecule has 0 unspecified atom stereocenters. The van der Waals surface area contributed by atoms with E-state index in [0.717, 1.165) is 17.3 Å². The Morgan fingerprint density at radius 3 is 1.64 bits per heavy atom. The predicted octanol–water partition coefficient (Wildman–Crippen LogP) is -8.94. The number of aromatic nitrogens is 6. The van der Waals surface area contributed by atoms with Gasteiger partial charge in [0.1, 0.15) is 31.9 Å². The Balaban J connectivity index is 0.00000306. The second kappa shape index (κ2) is 30.1. The largest absolute Gasteiger partial charge is 1.00 e. The van der Waals surface area contributed by atoms with E-state index in [1.807, 2.05) is 18.2 Å². The van der Waals surface area contributed by atoms with E-state index in [-0.39, 0.29) is 170 Å². The van der Waals surface area contributed by atoms with Crippen LogP contribution in [0.5, 0.6) is 0 Å². The van der Waals surface area contributed by atoms with Crippen LogP contribution in [0.2, 0.25) is 10.6 Å². The van der Waals surface area contributed by atoms with Crippen LogP contribution in [0.3, 0.4) is 0 Å². The van der Waals surface area contributed by atoms with E-state index in [9.17, 15) is 25.9 Å². The van der Waals surface area contributed by atoms with Crippen LogP contribution < -0.4 is 134 Å². The van der Waals surface area contributed by atoms with Crippen molar-refractivity contribution in [1.29, 1.82) is 0 Å². The first-order valence-electron chi connectivity index (χ1n) is 16.1. The molecule has 0 aliphatic rings. The van der Waals surface area contributed by atoms with E-state index >= 15 is 0 Å².